The van der Waals surface area contributed by atoms with Crippen LogP contribution in [0.1, 0.15) is 56.6 Å². The second kappa shape index (κ2) is 7.98. The van der Waals surface area contributed by atoms with Crippen molar-refractivity contribution in [2.45, 2.75) is 57.9 Å². The number of aryl methyl sites for hydroxylation is 1. The molecule has 0 heterocycles. The van der Waals surface area contributed by atoms with Gasteiger partial charge in [0.2, 0.25) is 5.91 Å². The van der Waals surface area contributed by atoms with Crippen LogP contribution in [0.25, 0.3) is 0 Å². The van der Waals surface area contributed by atoms with Crippen LogP contribution in [0, 0.1) is 12.8 Å². The lowest BCUT2D eigenvalue weighted by molar-refractivity contribution is -0.128. The van der Waals surface area contributed by atoms with Crippen molar-refractivity contribution in [3.63, 3.8) is 0 Å². The Morgan fingerprint density at radius 3 is 2.59 bits per heavy atom. The standard InChI is InChI=1S/C18H28N2O.ClH/c1-13-7-9-15(10-8-13)14(2)12-20-17(21)16-6-4-5-11-18(16,3)19;/h7-10,14,16H,4-6,11-12,19H2,1-3H3,(H,20,21);1H. The van der Waals surface area contributed by atoms with E-state index in [1.807, 2.05) is 6.92 Å². The maximum absolute atomic E-state index is 12.4. The molecule has 1 aromatic rings. The van der Waals surface area contributed by atoms with Gasteiger partial charge in [-0.3, -0.25) is 4.79 Å². The molecule has 124 valence electrons. The van der Waals surface area contributed by atoms with Crippen molar-refractivity contribution >= 4 is 18.3 Å². The number of hydrogen-bond donors (Lipinski definition) is 2. The highest BCUT2D eigenvalue weighted by atomic mass is 35.5. The van der Waals surface area contributed by atoms with E-state index in [2.05, 4.69) is 43.4 Å². The molecule has 1 aliphatic carbocycles. The minimum Gasteiger partial charge on any atom is -0.355 e. The number of amides is 1. The fourth-order valence-corrected chi connectivity index (χ4v) is 3.18. The monoisotopic (exact) mass is 324 g/mol. The van der Waals surface area contributed by atoms with Crippen molar-refractivity contribution in [2.24, 2.45) is 11.7 Å². The van der Waals surface area contributed by atoms with Gasteiger partial charge >= 0.3 is 0 Å². The summed E-state index contributed by atoms with van der Waals surface area (Å²) in [5, 5.41) is 3.10. The van der Waals surface area contributed by atoms with Crippen LogP contribution < -0.4 is 11.1 Å². The number of halogens is 1. The Morgan fingerprint density at radius 1 is 1.36 bits per heavy atom. The minimum absolute atomic E-state index is 0. The van der Waals surface area contributed by atoms with Crippen LogP contribution in [0.2, 0.25) is 0 Å². The molecule has 1 saturated carbocycles. The lowest BCUT2D eigenvalue weighted by atomic mass is 9.74. The Balaban J connectivity index is 0.00000242. The number of nitrogens with one attached hydrogen (secondary N) is 1. The molecule has 0 saturated heterocycles. The van der Waals surface area contributed by atoms with Gasteiger partial charge in [0.25, 0.3) is 0 Å². The molecule has 3 unspecified atom stereocenters. The lowest BCUT2D eigenvalue weighted by Gasteiger charge is -2.37. The summed E-state index contributed by atoms with van der Waals surface area (Å²) in [4.78, 5) is 12.4. The number of carbonyl (C=O) groups excluding carboxylic acids is 1. The number of nitrogens with two attached hydrogens (primary N) is 1. The lowest BCUT2D eigenvalue weighted by Crippen LogP contribution is -2.53. The molecular formula is C18H29ClN2O. The highest BCUT2D eigenvalue weighted by molar-refractivity contribution is 5.85. The second-order valence-electron chi connectivity index (χ2n) is 6.86. The van der Waals surface area contributed by atoms with Gasteiger partial charge in [-0.2, -0.15) is 0 Å². The summed E-state index contributed by atoms with van der Waals surface area (Å²) < 4.78 is 0. The van der Waals surface area contributed by atoms with Gasteiger partial charge in [-0.25, -0.2) is 0 Å². The molecule has 3 atom stereocenters. The zero-order valence-electron chi connectivity index (χ0n) is 13.9. The van der Waals surface area contributed by atoms with E-state index in [1.54, 1.807) is 0 Å². The van der Waals surface area contributed by atoms with E-state index in [9.17, 15) is 4.79 Å². The average Bonchev–Trinajstić information content (AvgIpc) is 2.44. The van der Waals surface area contributed by atoms with Gasteiger partial charge in [-0.05, 0) is 38.2 Å². The fourth-order valence-electron chi connectivity index (χ4n) is 3.18. The molecule has 3 nitrogen and oxygen atoms in total. The maximum Gasteiger partial charge on any atom is 0.224 e. The van der Waals surface area contributed by atoms with Crippen molar-refractivity contribution in [3.05, 3.63) is 35.4 Å². The van der Waals surface area contributed by atoms with Gasteiger partial charge in [0.15, 0.2) is 0 Å². The smallest absolute Gasteiger partial charge is 0.224 e. The zero-order valence-corrected chi connectivity index (χ0v) is 14.7. The third kappa shape index (κ3) is 4.72. The van der Waals surface area contributed by atoms with E-state index >= 15 is 0 Å². The van der Waals surface area contributed by atoms with Crippen LogP contribution in [0.5, 0.6) is 0 Å². The van der Waals surface area contributed by atoms with Gasteiger partial charge in [-0.1, -0.05) is 49.6 Å². The molecule has 0 bridgehead atoms. The quantitative estimate of drug-likeness (QED) is 0.890. The first kappa shape index (κ1) is 19.0. The number of hydrogen-bond acceptors (Lipinski definition) is 2. The Morgan fingerprint density at radius 2 is 2.00 bits per heavy atom. The van der Waals surface area contributed by atoms with E-state index in [0.717, 1.165) is 25.7 Å². The average molecular weight is 325 g/mol. The Hall–Kier alpha value is -1.06. The van der Waals surface area contributed by atoms with Crippen LogP contribution in [-0.2, 0) is 4.79 Å². The largest absolute Gasteiger partial charge is 0.355 e. The van der Waals surface area contributed by atoms with Crippen LogP contribution in [0.4, 0.5) is 0 Å². The van der Waals surface area contributed by atoms with Crippen LogP contribution in [0.15, 0.2) is 24.3 Å². The van der Waals surface area contributed by atoms with Crippen molar-refractivity contribution in [3.8, 4) is 0 Å². The molecule has 4 heteroatoms. The third-order valence-electron chi connectivity index (χ3n) is 4.80. The van der Waals surface area contributed by atoms with Crippen molar-refractivity contribution in [1.82, 2.24) is 5.32 Å². The van der Waals surface area contributed by atoms with Gasteiger partial charge in [0.1, 0.15) is 0 Å². The van der Waals surface area contributed by atoms with Gasteiger partial charge < -0.3 is 11.1 Å². The molecule has 0 aliphatic heterocycles. The molecule has 1 aliphatic rings. The summed E-state index contributed by atoms with van der Waals surface area (Å²) in [6.07, 6.45) is 4.10. The normalized spacial score (nSPS) is 25.9. The second-order valence-corrected chi connectivity index (χ2v) is 6.86. The predicted molar refractivity (Wildman–Crippen MR) is 94.4 cm³/mol. The minimum atomic E-state index is -0.352. The Bertz CT molecular complexity index is 484. The first-order chi connectivity index (χ1) is 9.90. The number of rotatable bonds is 4. The van der Waals surface area contributed by atoms with E-state index in [1.165, 1.54) is 11.1 Å². The molecule has 22 heavy (non-hydrogen) atoms. The summed E-state index contributed by atoms with van der Waals surface area (Å²) in [5.41, 5.74) is 8.47. The molecule has 2 rings (SSSR count). The molecule has 0 spiro atoms. The fraction of sp³-hybridized carbons (Fsp3) is 0.611. The van der Waals surface area contributed by atoms with E-state index in [0.29, 0.717) is 12.5 Å². The molecule has 1 amide bonds. The summed E-state index contributed by atoms with van der Waals surface area (Å²) in [6, 6.07) is 8.51. The van der Waals surface area contributed by atoms with Crippen LogP contribution in [0.3, 0.4) is 0 Å². The Labute approximate surface area is 140 Å². The van der Waals surface area contributed by atoms with E-state index < -0.39 is 0 Å². The molecule has 1 fully saturated rings. The van der Waals surface area contributed by atoms with E-state index in [-0.39, 0.29) is 29.8 Å². The Kier molecular flexibility index (Phi) is 6.89. The third-order valence-corrected chi connectivity index (χ3v) is 4.80. The molecule has 0 radical (unpaired) electrons. The van der Waals surface area contributed by atoms with E-state index in [4.69, 9.17) is 5.73 Å². The summed E-state index contributed by atoms with van der Waals surface area (Å²) in [5.74, 6) is 0.400. The molecule has 0 aromatic heterocycles. The topological polar surface area (TPSA) is 55.1 Å². The van der Waals surface area contributed by atoms with Gasteiger partial charge in [0.05, 0.1) is 5.92 Å². The molecule has 1 aromatic carbocycles. The van der Waals surface area contributed by atoms with Gasteiger partial charge in [0, 0.05) is 12.1 Å². The highest BCUT2D eigenvalue weighted by Gasteiger charge is 2.37. The first-order valence-electron chi connectivity index (χ1n) is 8.03. The number of benzene rings is 1. The highest BCUT2D eigenvalue weighted by Crippen LogP contribution is 2.31. The predicted octanol–water partition coefficient (Wildman–Crippen LogP) is 3.54. The SMILES string of the molecule is Cc1ccc(C(C)CNC(=O)C2CCCCC2(C)N)cc1.Cl. The van der Waals surface area contributed by atoms with Crippen LogP contribution >= 0.6 is 12.4 Å². The van der Waals surface area contributed by atoms with Gasteiger partial charge in [-0.15, -0.1) is 12.4 Å². The van der Waals surface area contributed by atoms with Crippen LogP contribution in [-0.4, -0.2) is 18.0 Å². The summed E-state index contributed by atoms with van der Waals surface area (Å²) >= 11 is 0. The summed E-state index contributed by atoms with van der Waals surface area (Å²) in [6.45, 7) is 6.92. The maximum atomic E-state index is 12.4. The zero-order chi connectivity index (χ0) is 15.5. The molecular weight excluding hydrogens is 296 g/mol. The van der Waals surface area contributed by atoms with Crippen molar-refractivity contribution < 1.29 is 4.79 Å². The van der Waals surface area contributed by atoms with Crippen molar-refractivity contribution in [2.75, 3.05) is 6.54 Å². The summed E-state index contributed by atoms with van der Waals surface area (Å²) in [7, 11) is 0. The molecule has 3 N–H and O–H groups in total. The first-order valence-corrected chi connectivity index (χ1v) is 8.03. The van der Waals surface area contributed by atoms with Crippen molar-refractivity contribution in [1.29, 1.82) is 0 Å². The number of carbonyl (C=O) groups is 1.